The van der Waals surface area contributed by atoms with E-state index < -0.39 is 31.5 Å². The van der Waals surface area contributed by atoms with Gasteiger partial charge in [-0.3, -0.25) is 14.4 Å². The van der Waals surface area contributed by atoms with Crippen LogP contribution in [0.15, 0.2) is 48.5 Å². The smallest absolute Gasteiger partial charge is 0.305 e. The lowest BCUT2D eigenvalue weighted by Crippen LogP contribution is -2.46. The summed E-state index contributed by atoms with van der Waals surface area (Å²) in [5, 5.41) is 10.2. The van der Waals surface area contributed by atoms with Crippen LogP contribution in [0.1, 0.15) is 43.7 Å². The fourth-order valence-electron chi connectivity index (χ4n) is 6.63. The summed E-state index contributed by atoms with van der Waals surface area (Å²) in [4.78, 5) is 54.4. The molecule has 1 spiro atoms. The second kappa shape index (κ2) is 13.3. The molecule has 2 heterocycles. The molecule has 0 aliphatic carbocycles. The van der Waals surface area contributed by atoms with Gasteiger partial charge in [0.05, 0.1) is 31.9 Å². The highest BCUT2D eigenvalue weighted by atomic mass is 35.5. The molecule has 4 rings (SSSR count). The molecule has 2 aliphatic heterocycles. The Kier molecular flexibility index (Phi) is 10.2. The number of carbonyl (C=O) groups is 3. The van der Waals surface area contributed by atoms with Gasteiger partial charge in [0.2, 0.25) is 5.91 Å². The fourth-order valence-corrected chi connectivity index (χ4v) is 9.36. The summed E-state index contributed by atoms with van der Waals surface area (Å²) in [5.74, 6) is -1.21. The van der Waals surface area contributed by atoms with Crippen molar-refractivity contribution in [2.24, 2.45) is 5.92 Å². The zero-order chi connectivity index (χ0) is 30.7. The maximum Gasteiger partial charge on any atom is 0.305 e. The van der Waals surface area contributed by atoms with Gasteiger partial charge in [0, 0.05) is 48.1 Å². The van der Waals surface area contributed by atoms with Crippen molar-refractivity contribution in [2.75, 3.05) is 31.7 Å². The summed E-state index contributed by atoms with van der Waals surface area (Å²) in [5.41, 5.74) is 0.414. The molecule has 228 valence electrons. The maximum atomic E-state index is 14.3. The average molecular weight is 617 g/mol. The fraction of sp³-hybridized carbons (Fsp3) is 0.516. The first kappa shape index (κ1) is 32.2. The van der Waals surface area contributed by atoms with Crippen LogP contribution in [0.3, 0.4) is 0 Å². The molecule has 0 radical (unpaired) electrons. The van der Waals surface area contributed by atoms with Gasteiger partial charge in [0.15, 0.2) is 13.9 Å². The number of benzene rings is 2. The highest BCUT2D eigenvalue weighted by Gasteiger charge is 2.66. The lowest BCUT2D eigenvalue weighted by molar-refractivity contribution is -0.150. The molecule has 2 aromatic rings. The van der Waals surface area contributed by atoms with Crippen LogP contribution < -0.4 is 4.90 Å². The van der Waals surface area contributed by atoms with Crippen LogP contribution in [-0.4, -0.2) is 73.8 Å². The number of esters is 1. The van der Waals surface area contributed by atoms with Crippen LogP contribution in [0, 0.1) is 5.92 Å². The summed E-state index contributed by atoms with van der Waals surface area (Å²) in [7, 11) is -1.62. The number of unbranched alkanes of at least 4 members (excludes halogenated alkanes) is 1. The summed E-state index contributed by atoms with van der Waals surface area (Å²) < 4.78 is 11.5. The van der Waals surface area contributed by atoms with E-state index in [0.717, 1.165) is 5.56 Å². The van der Waals surface area contributed by atoms with Crippen LogP contribution in [0.5, 0.6) is 0 Å². The number of ether oxygens (including phenoxy) is 2. The number of anilines is 1. The Labute approximate surface area is 253 Å². The number of fused-ring (bicyclic) bond motifs is 2. The Bertz CT molecular complexity index is 1290. The van der Waals surface area contributed by atoms with E-state index >= 15 is 0 Å². The van der Waals surface area contributed by atoms with E-state index in [2.05, 4.69) is 0 Å². The molecule has 4 atom stereocenters. The molecule has 2 aliphatic rings. The third kappa shape index (κ3) is 6.43. The van der Waals surface area contributed by atoms with Crippen molar-refractivity contribution >= 4 is 43.4 Å². The third-order valence-electron chi connectivity index (χ3n) is 8.50. The van der Waals surface area contributed by atoms with Gasteiger partial charge in [-0.25, -0.2) is 0 Å². The van der Waals surface area contributed by atoms with Gasteiger partial charge in [-0.1, -0.05) is 48.9 Å². The monoisotopic (exact) mass is 616 g/mol. The van der Waals surface area contributed by atoms with Crippen LogP contribution in [0.4, 0.5) is 5.69 Å². The first-order valence-corrected chi connectivity index (χ1v) is 17.9. The molecule has 9 nitrogen and oxygen atoms in total. The van der Waals surface area contributed by atoms with Gasteiger partial charge in [0.1, 0.15) is 0 Å². The van der Waals surface area contributed by atoms with Gasteiger partial charge in [-0.2, -0.15) is 0 Å². The summed E-state index contributed by atoms with van der Waals surface area (Å²) in [6.07, 6.45) is 0.637. The first-order valence-electron chi connectivity index (χ1n) is 14.5. The van der Waals surface area contributed by atoms with Crippen molar-refractivity contribution in [3.8, 4) is 0 Å². The highest BCUT2D eigenvalue weighted by molar-refractivity contribution is 6.71. The topological polar surface area (TPSA) is 117 Å². The number of aliphatic hydroxyl groups excluding tert-OH is 1. The van der Waals surface area contributed by atoms with E-state index in [1.807, 2.05) is 50.3 Å². The number of nitrogens with zero attached hydrogens (tertiary/aromatic N) is 2. The van der Waals surface area contributed by atoms with Crippen LogP contribution >= 0.6 is 11.6 Å². The number of halogens is 1. The van der Waals surface area contributed by atoms with Crippen molar-refractivity contribution in [1.29, 1.82) is 0 Å². The van der Waals surface area contributed by atoms with Gasteiger partial charge in [0.25, 0.3) is 5.91 Å². The summed E-state index contributed by atoms with van der Waals surface area (Å²) in [6, 6.07) is 14.8. The number of amides is 2. The normalized spacial score (nSPS) is 23.4. The predicted octanol–water partition coefficient (Wildman–Crippen LogP) is 4.24. The average Bonchev–Trinajstić information content (AvgIpc) is 3.37. The number of hydrogen-bond acceptors (Lipinski definition) is 7. The van der Waals surface area contributed by atoms with E-state index in [9.17, 15) is 24.3 Å². The van der Waals surface area contributed by atoms with Crippen LogP contribution in [0.2, 0.25) is 23.7 Å². The van der Waals surface area contributed by atoms with E-state index in [-0.39, 0.29) is 43.8 Å². The Morgan fingerprint density at radius 1 is 1.17 bits per heavy atom. The summed E-state index contributed by atoms with van der Waals surface area (Å²) >= 11 is 6.44. The van der Waals surface area contributed by atoms with Crippen molar-refractivity contribution < 1.29 is 33.8 Å². The highest BCUT2D eigenvalue weighted by Crippen LogP contribution is 2.60. The van der Waals surface area contributed by atoms with Crippen molar-refractivity contribution in [3.63, 3.8) is 0 Å². The maximum absolute atomic E-state index is 14.3. The quantitative estimate of drug-likeness (QED) is 0.208. The van der Waals surface area contributed by atoms with Crippen molar-refractivity contribution in [3.05, 3.63) is 64.7 Å². The molecule has 0 bridgehead atoms. The number of methoxy groups -OCH3 is 1. The van der Waals surface area contributed by atoms with Crippen LogP contribution in [0.25, 0.3) is 0 Å². The minimum Gasteiger partial charge on any atom is -0.469 e. The van der Waals surface area contributed by atoms with Crippen LogP contribution in [-0.2, 0) is 36.0 Å². The zero-order valence-electron chi connectivity index (χ0n) is 24.7. The molecule has 1 fully saturated rings. The van der Waals surface area contributed by atoms with Gasteiger partial charge in [-0.05, 0) is 49.7 Å². The molecule has 2 amide bonds. The SMILES string of the molecule is COC(=O)CCCCN1C(=O)[C@]2(O[C@H](CC(=O)N(CCO)Cc3ccccc3)[C@@H]([Si](C)(C)O)[C@@H]2C)c2cc(Cl)ccc21. The second-order valence-corrected chi connectivity index (χ2v) is 16.2. The third-order valence-corrected chi connectivity index (χ3v) is 11.2. The second-order valence-electron chi connectivity index (χ2n) is 11.7. The predicted molar refractivity (Wildman–Crippen MR) is 162 cm³/mol. The molecule has 2 aromatic carbocycles. The van der Waals surface area contributed by atoms with Crippen molar-refractivity contribution in [2.45, 2.75) is 69.5 Å². The number of rotatable bonds is 12. The van der Waals surface area contributed by atoms with Gasteiger partial charge < -0.3 is 29.2 Å². The Hall–Kier alpha value is -2.76. The Balaban J connectivity index is 1.64. The molecule has 2 N–H and O–H groups in total. The van der Waals surface area contributed by atoms with E-state index in [1.54, 1.807) is 28.0 Å². The number of hydrogen-bond donors (Lipinski definition) is 2. The van der Waals surface area contributed by atoms with E-state index in [1.165, 1.54) is 7.11 Å². The van der Waals surface area contributed by atoms with Crippen molar-refractivity contribution in [1.82, 2.24) is 4.90 Å². The van der Waals surface area contributed by atoms with Gasteiger partial charge in [-0.15, -0.1) is 0 Å². The zero-order valence-corrected chi connectivity index (χ0v) is 26.5. The minimum atomic E-state index is -2.97. The number of aliphatic hydroxyl groups is 1. The minimum absolute atomic E-state index is 0.0388. The molecule has 11 heteroatoms. The molecule has 0 aromatic heterocycles. The molecule has 0 unspecified atom stereocenters. The Morgan fingerprint density at radius 3 is 2.52 bits per heavy atom. The lowest BCUT2D eigenvalue weighted by atomic mass is 9.82. The summed E-state index contributed by atoms with van der Waals surface area (Å²) in [6.45, 7) is 6.20. The molecular weight excluding hydrogens is 576 g/mol. The Morgan fingerprint density at radius 2 is 1.88 bits per heavy atom. The number of carbonyl (C=O) groups excluding carboxylic acids is 3. The van der Waals surface area contributed by atoms with E-state index in [0.29, 0.717) is 42.2 Å². The van der Waals surface area contributed by atoms with Gasteiger partial charge >= 0.3 is 5.97 Å². The first-order chi connectivity index (χ1) is 19.9. The standard InChI is InChI=1S/C31H41ClN2O7Si/c1-21-29(42(3,4)39)26(19-27(36)33(16-17-35)20-22-10-6-5-7-11-22)41-31(21)24-18-23(32)13-14-25(24)34(30(31)38)15-9-8-12-28(37)40-2/h5-7,10-11,13-14,18,21,26,29,35,39H,8-9,12,15-17,19-20H2,1-4H3/t21-,26+,29-,31+/m0/s1. The molecule has 1 saturated heterocycles. The molecule has 0 saturated carbocycles. The largest absolute Gasteiger partial charge is 0.469 e. The van der Waals surface area contributed by atoms with E-state index in [4.69, 9.17) is 21.1 Å². The molecule has 42 heavy (non-hydrogen) atoms. The lowest BCUT2D eigenvalue weighted by Gasteiger charge is -2.32. The molecular formula is C31H41ClN2O7Si.